The number of methoxy groups -OCH3 is 1. The van der Waals surface area contributed by atoms with Crippen LogP contribution in [0, 0.1) is 0 Å². The third-order valence-corrected chi connectivity index (χ3v) is 4.98. The van der Waals surface area contributed by atoms with E-state index in [-0.39, 0.29) is 5.91 Å². The molecule has 1 saturated heterocycles. The summed E-state index contributed by atoms with van der Waals surface area (Å²) in [5, 5.41) is 2.88. The Morgan fingerprint density at radius 3 is 2.83 bits per heavy atom. The molecule has 0 spiro atoms. The molecule has 152 valence electrons. The first-order chi connectivity index (χ1) is 14.2. The van der Waals surface area contributed by atoms with Crippen LogP contribution in [0.25, 0.3) is 6.08 Å². The third kappa shape index (κ3) is 4.62. The fourth-order valence-electron chi connectivity index (χ4n) is 3.46. The smallest absolute Gasteiger partial charge is 0.244 e. The lowest BCUT2D eigenvalue weighted by Gasteiger charge is -2.20. The second-order valence-electron chi connectivity index (χ2n) is 7.02. The minimum Gasteiger partial charge on any atom is -0.493 e. The molecule has 0 radical (unpaired) electrons. The van der Waals surface area contributed by atoms with Gasteiger partial charge in [0.25, 0.3) is 0 Å². The summed E-state index contributed by atoms with van der Waals surface area (Å²) < 4.78 is 16.6. The fraction of sp³-hybridized carbons (Fsp3) is 0.364. The maximum atomic E-state index is 12.2. The number of carbonyl (C=O) groups is 1. The normalized spacial score (nSPS) is 15.6. The topological polar surface area (TPSA) is 72.9 Å². The number of benzene rings is 1. The van der Waals surface area contributed by atoms with Crippen LogP contribution in [0.1, 0.15) is 24.0 Å². The molecule has 1 fully saturated rings. The van der Waals surface area contributed by atoms with Crippen molar-refractivity contribution in [2.45, 2.75) is 19.4 Å². The van der Waals surface area contributed by atoms with Crippen LogP contribution in [0.2, 0.25) is 0 Å². The lowest BCUT2D eigenvalue weighted by atomic mass is 10.1. The molecule has 2 aromatic rings. The Hall–Kier alpha value is -3.22. The van der Waals surface area contributed by atoms with Crippen molar-refractivity contribution < 1.29 is 19.0 Å². The van der Waals surface area contributed by atoms with Crippen molar-refractivity contribution in [1.29, 1.82) is 0 Å². The molecule has 4 rings (SSSR count). The van der Waals surface area contributed by atoms with E-state index in [4.69, 9.17) is 14.2 Å². The van der Waals surface area contributed by atoms with Crippen molar-refractivity contribution in [3.63, 3.8) is 0 Å². The van der Waals surface area contributed by atoms with Crippen molar-refractivity contribution in [3.8, 4) is 17.2 Å². The second-order valence-corrected chi connectivity index (χ2v) is 7.02. The zero-order chi connectivity index (χ0) is 20.1. The maximum Gasteiger partial charge on any atom is 0.244 e. The molecule has 0 atom stereocenters. The van der Waals surface area contributed by atoms with E-state index in [0.717, 1.165) is 30.0 Å². The van der Waals surface area contributed by atoms with Gasteiger partial charge in [-0.15, -0.1) is 0 Å². The molecule has 1 N–H and O–H groups in total. The minimum atomic E-state index is -0.178. The van der Waals surface area contributed by atoms with Gasteiger partial charge in [0.1, 0.15) is 19.0 Å². The molecule has 2 aliphatic heterocycles. The molecule has 1 aromatic carbocycles. The molecule has 29 heavy (non-hydrogen) atoms. The summed E-state index contributed by atoms with van der Waals surface area (Å²) in [6, 6.07) is 7.68. The molecule has 1 amide bonds. The van der Waals surface area contributed by atoms with Crippen LogP contribution < -0.4 is 24.4 Å². The quantitative estimate of drug-likeness (QED) is 0.759. The average Bonchev–Trinajstić information content (AvgIpc) is 3.31. The van der Waals surface area contributed by atoms with Crippen molar-refractivity contribution in [1.82, 2.24) is 10.3 Å². The molecule has 0 bridgehead atoms. The van der Waals surface area contributed by atoms with E-state index in [9.17, 15) is 4.79 Å². The first-order valence-electron chi connectivity index (χ1n) is 9.86. The van der Waals surface area contributed by atoms with E-state index in [0.29, 0.717) is 37.0 Å². The van der Waals surface area contributed by atoms with Gasteiger partial charge in [-0.05, 0) is 48.2 Å². The Morgan fingerprint density at radius 1 is 1.24 bits per heavy atom. The number of anilines is 1. The number of pyridine rings is 1. The molecular formula is C22H25N3O4. The molecule has 0 saturated carbocycles. The number of nitrogens with zero attached hydrogens (tertiary/aromatic N) is 2. The monoisotopic (exact) mass is 395 g/mol. The van der Waals surface area contributed by atoms with Gasteiger partial charge in [-0.25, -0.2) is 4.98 Å². The highest BCUT2D eigenvalue weighted by Crippen LogP contribution is 2.40. The Kier molecular flexibility index (Phi) is 5.84. The lowest BCUT2D eigenvalue weighted by Crippen LogP contribution is -2.21. The SMILES string of the molecule is COc1cc(/C=C/C(=O)NCc2ccc(N3CCCC3)nc2)cc2c1OCCO2. The summed E-state index contributed by atoms with van der Waals surface area (Å²) in [5.41, 5.74) is 1.77. The number of nitrogens with one attached hydrogen (secondary N) is 1. The molecule has 2 aliphatic rings. The van der Waals surface area contributed by atoms with E-state index in [1.54, 1.807) is 13.2 Å². The Morgan fingerprint density at radius 2 is 2.07 bits per heavy atom. The predicted octanol–water partition coefficient (Wildman–Crippen LogP) is 2.79. The number of aromatic nitrogens is 1. The van der Waals surface area contributed by atoms with Crippen LogP contribution >= 0.6 is 0 Å². The van der Waals surface area contributed by atoms with E-state index in [1.165, 1.54) is 18.9 Å². The van der Waals surface area contributed by atoms with Crippen LogP contribution in [0.5, 0.6) is 17.2 Å². The van der Waals surface area contributed by atoms with Crippen LogP contribution in [0.4, 0.5) is 5.82 Å². The van der Waals surface area contributed by atoms with Gasteiger partial charge in [-0.1, -0.05) is 6.07 Å². The lowest BCUT2D eigenvalue weighted by molar-refractivity contribution is -0.116. The average molecular weight is 395 g/mol. The van der Waals surface area contributed by atoms with E-state index >= 15 is 0 Å². The fourth-order valence-corrected chi connectivity index (χ4v) is 3.46. The standard InChI is InChI=1S/C22H25N3O4/c1-27-18-12-16(13-19-22(18)29-11-10-28-19)5-7-21(26)24-15-17-4-6-20(23-14-17)25-8-2-3-9-25/h4-7,12-14H,2-3,8-11,15H2,1H3,(H,24,26)/b7-5+. The Balaban J connectivity index is 1.34. The highest BCUT2D eigenvalue weighted by molar-refractivity contribution is 5.91. The van der Waals surface area contributed by atoms with Crippen LogP contribution in [-0.4, -0.2) is 44.3 Å². The van der Waals surface area contributed by atoms with Crippen molar-refractivity contribution in [2.24, 2.45) is 0 Å². The van der Waals surface area contributed by atoms with Gasteiger partial charge in [0, 0.05) is 31.9 Å². The van der Waals surface area contributed by atoms with Gasteiger partial charge in [0.15, 0.2) is 11.5 Å². The predicted molar refractivity (Wildman–Crippen MR) is 111 cm³/mol. The van der Waals surface area contributed by atoms with Crippen LogP contribution in [0.15, 0.2) is 36.5 Å². The van der Waals surface area contributed by atoms with Crippen molar-refractivity contribution >= 4 is 17.8 Å². The van der Waals surface area contributed by atoms with Crippen molar-refractivity contribution in [3.05, 3.63) is 47.7 Å². The highest BCUT2D eigenvalue weighted by atomic mass is 16.6. The minimum absolute atomic E-state index is 0.178. The number of amides is 1. The summed E-state index contributed by atoms with van der Waals surface area (Å²) in [5.74, 6) is 2.64. The number of fused-ring (bicyclic) bond motifs is 1. The summed E-state index contributed by atoms with van der Waals surface area (Å²) >= 11 is 0. The zero-order valence-corrected chi connectivity index (χ0v) is 16.5. The molecular weight excluding hydrogens is 370 g/mol. The molecule has 0 unspecified atom stereocenters. The summed E-state index contributed by atoms with van der Waals surface area (Å²) in [6.45, 7) is 3.56. The summed E-state index contributed by atoms with van der Waals surface area (Å²) in [4.78, 5) is 19.0. The largest absolute Gasteiger partial charge is 0.493 e. The highest BCUT2D eigenvalue weighted by Gasteiger charge is 2.18. The first kappa shape index (κ1) is 19.1. The van der Waals surface area contributed by atoms with E-state index in [2.05, 4.69) is 15.2 Å². The Bertz CT molecular complexity index is 872. The molecule has 1 aromatic heterocycles. The Labute approximate surface area is 170 Å². The number of rotatable bonds is 6. The summed E-state index contributed by atoms with van der Waals surface area (Å²) in [6.07, 6.45) is 7.49. The molecule has 7 nitrogen and oxygen atoms in total. The molecule has 3 heterocycles. The number of hydrogen-bond donors (Lipinski definition) is 1. The number of ether oxygens (including phenoxy) is 3. The molecule has 7 heteroatoms. The van der Waals surface area contributed by atoms with Crippen LogP contribution in [0.3, 0.4) is 0 Å². The maximum absolute atomic E-state index is 12.2. The second kappa shape index (κ2) is 8.86. The van der Waals surface area contributed by atoms with Gasteiger partial charge in [0.2, 0.25) is 11.7 Å². The van der Waals surface area contributed by atoms with Gasteiger partial charge in [-0.3, -0.25) is 4.79 Å². The van der Waals surface area contributed by atoms with Crippen molar-refractivity contribution in [2.75, 3.05) is 38.3 Å². The van der Waals surface area contributed by atoms with Gasteiger partial charge in [0.05, 0.1) is 7.11 Å². The van der Waals surface area contributed by atoms with Gasteiger partial charge < -0.3 is 24.4 Å². The summed E-state index contributed by atoms with van der Waals surface area (Å²) in [7, 11) is 1.58. The van der Waals surface area contributed by atoms with Gasteiger partial charge in [-0.2, -0.15) is 0 Å². The number of hydrogen-bond acceptors (Lipinski definition) is 6. The first-order valence-corrected chi connectivity index (χ1v) is 9.86. The van der Waals surface area contributed by atoms with Gasteiger partial charge >= 0.3 is 0 Å². The van der Waals surface area contributed by atoms with E-state index in [1.807, 2.05) is 30.5 Å². The number of carbonyl (C=O) groups excluding carboxylic acids is 1. The van der Waals surface area contributed by atoms with E-state index < -0.39 is 0 Å². The molecule has 0 aliphatic carbocycles. The zero-order valence-electron chi connectivity index (χ0n) is 16.5. The van der Waals surface area contributed by atoms with Crippen LogP contribution in [-0.2, 0) is 11.3 Å². The third-order valence-electron chi connectivity index (χ3n) is 4.98.